The molecule has 0 radical (unpaired) electrons. The van der Waals surface area contributed by atoms with Gasteiger partial charge in [0.15, 0.2) is 0 Å². The average Bonchev–Trinajstić information content (AvgIpc) is 3.02. The molecule has 25 heavy (non-hydrogen) atoms. The van der Waals surface area contributed by atoms with Gasteiger partial charge in [-0.1, -0.05) is 12.1 Å². The van der Waals surface area contributed by atoms with Gasteiger partial charge in [0.2, 0.25) is 21.8 Å². The minimum atomic E-state index is -3.45. The van der Waals surface area contributed by atoms with Crippen LogP contribution in [0.5, 0.6) is 0 Å². The Morgan fingerprint density at radius 2 is 2.12 bits per heavy atom. The zero-order chi connectivity index (χ0) is 18.0. The van der Waals surface area contributed by atoms with Crippen LogP contribution in [0.3, 0.4) is 0 Å². The Kier molecular flexibility index (Phi) is 5.19. The maximum absolute atomic E-state index is 12.3. The molecule has 0 saturated carbocycles. The second-order valence-electron chi connectivity index (χ2n) is 6.16. The van der Waals surface area contributed by atoms with E-state index in [9.17, 15) is 8.42 Å². The van der Waals surface area contributed by atoms with Gasteiger partial charge in [0.05, 0.1) is 18.1 Å². The van der Waals surface area contributed by atoms with E-state index in [1.54, 1.807) is 25.1 Å². The molecule has 0 aliphatic carbocycles. The average molecular weight is 366 g/mol. The number of aromatic nitrogens is 2. The molecule has 136 valence electrons. The summed E-state index contributed by atoms with van der Waals surface area (Å²) in [4.78, 5) is 2.45. The highest BCUT2D eigenvalue weighted by Crippen LogP contribution is 2.26. The zero-order valence-corrected chi connectivity index (χ0v) is 15.4. The van der Waals surface area contributed by atoms with E-state index in [1.807, 2.05) is 6.07 Å². The SMILES string of the molecule is Cc1nnc(C2COCCN2Cc2cccc(S(=O)(=O)N(C)C)c2)o1. The minimum absolute atomic E-state index is 0.135. The van der Waals surface area contributed by atoms with Crippen LogP contribution >= 0.6 is 0 Å². The summed E-state index contributed by atoms with van der Waals surface area (Å²) in [5.41, 5.74) is 0.908. The van der Waals surface area contributed by atoms with Gasteiger partial charge in [-0.3, -0.25) is 4.90 Å². The van der Waals surface area contributed by atoms with Crippen LogP contribution in [-0.2, 0) is 21.3 Å². The van der Waals surface area contributed by atoms with E-state index < -0.39 is 10.0 Å². The van der Waals surface area contributed by atoms with E-state index in [0.29, 0.717) is 38.1 Å². The minimum Gasteiger partial charge on any atom is -0.424 e. The molecular formula is C16H22N4O4S. The zero-order valence-electron chi connectivity index (χ0n) is 14.5. The largest absolute Gasteiger partial charge is 0.424 e. The maximum atomic E-state index is 12.3. The molecule has 1 unspecified atom stereocenters. The fourth-order valence-electron chi connectivity index (χ4n) is 2.75. The van der Waals surface area contributed by atoms with Gasteiger partial charge in [0, 0.05) is 34.1 Å². The number of hydrogen-bond donors (Lipinski definition) is 0. The fraction of sp³-hybridized carbons (Fsp3) is 0.500. The van der Waals surface area contributed by atoms with Crippen LogP contribution < -0.4 is 0 Å². The van der Waals surface area contributed by atoms with Crippen LogP contribution in [0.25, 0.3) is 0 Å². The van der Waals surface area contributed by atoms with Crippen LogP contribution in [0.15, 0.2) is 33.6 Å². The van der Waals surface area contributed by atoms with E-state index >= 15 is 0 Å². The Bertz CT molecular complexity index is 834. The van der Waals surface area contributed by atoms with Crippen LogP contribution in [0.4, 0.5) is 0 Å². The number of sulfonamides is 1. The predicted octanol–water partition coefficient (Wildman–Crippen LogP) is 1.20. The summed E-state index contributed by atoms with van der Waals surface area (Å²) in [5, 5.41) is 7.99. The second-order valence-corrected chi connectivity index (χ2v) is 8.31. The van der Waals surface area contributed by atoms with Crippen molar-refractivity contribution in [1.29, 1.82) is 0 Å². The first-order valence-corrected chi connectivity index (χ1v) is 9.45. The third-order valence-electron chi connectivity index (χ3n) is 4.13. The van der Waals surface area contributed by atoms with E-state index in [-0.39, 0.29) is 10.9 Å². The van der Waals surface area contributed by atoms with Crippen molar-refractivity contribution in [1.82, 2.24) is 19.4 Å². The van der Waals surface area contributed by atoms with Crippen LogP contribution in [0.2, 0.25) is 0 Å². The van der Waals surface area contributed by atoms with Gasteiger partial charge < -0.3 is 9.15 Å². The molecule has 1 aromatic carbocycles. The molecule has 0 amide bonds. The first kappa shape index (κ1) is 18.0. The second kappa shape index (κ2) is 7.20. The first-order chi connectivity index (χ1) is 11.9. The molecule has 8 nitrogen and oxygen atoms in total. The molecule has 1 aliphatic heterocycles. The number of rotatable bonds is 5. The lowest BCUT2D eigenvalue weighted by molar-refractivity contribution is -0.0226. The quantitative estimate of drug-likeness (QED) is 0.785. The summed E-state index contributed by atoms with van der Waals surface area (Å²) < 4.78 is 37.0. The Morgan fingerprint density at radius 1 is 1.32 bits per heavy atom. The number of nitrogens with zero attached hydrogens (tertiary/aromatic N) is 4. The summed E-state index contributed by atoms with van der Waals surface area (Å²) in [7, 11) is -0.402. The van der Waals surface area contributed by atoms with Gasteiger partial charge in [-0.2, -0.15) is 0 Å². The number of aryl methyl sites for hydroxylation is 1. The topological polar surface area (TPSA) is 88.8 Å². The molecule has 1 atom stereocenters. The van der Waals surface area contributed by atoms with Crippen LogP contribution in [-0.4, -0.2) is 61.7 Å². The molecule has 1 saturated heterocycles. The number of ether oxygens (including phenoxy) is 1. The first-order valence-electron chi connectivity index (χ1n) is 8.01. The predicted molar refractivity (Wildman–Crippen MR) is 90.3 cm³/mol. The standard InChI is InChI=1S/C16H22N4O4S/c1-12-17-18-16(24-12)15-11-23-8-7-20(15)10-13-5-4-6-14(9-13)25(21,22)19(2)3/h4-6,9,15H,7-8,10-11H2,1-3H3. The lowest BCUT2D eigenvalue weighted by atomic mass is 10.1. The Hall–Kier alpha value is -1.81. The molecule has 9 heteroatoms. The summed E-state index contributed by atoms with van der Waals surface area (Å²) in [5.74, 6) is 1.04. The van der Waals surface area contributed by atoms with Crippen molar-refractivity contribution in [3.63, 3.8) is 0 Å². The molecule has 1 fully saturated rings. The molecule has 0 bridgehead atoms. The number of morpholine rings is 1. The van der Waals surface area contributed by atoms with E-state index in [2.05, 4.69) is 15.1 Å². The fourth-order valence-corrected chi connectivity index (χ4v) is 3.72. The van der Waals surface area contributed by atoms with Crippen molar-refractivity contribution in [2.24, 2.45) is 0 Å². The highest BCUT2D eigenvalue weighted by Gasteiger charge is 2.29. The summed E-state index contributed by atoms with van der Waals surface area (Å²) in [6.45, 7) is 4.11. The molecule has 1 aromatic heterocycles. The van der Waals surface area contributed by atoms with E-state index in [4.69, 9.17) is 9.15 Å². The maximum Gasteiger partial charge on any atom is 0.242 e. The van der Waals surface area contributed by atoms with Crippen LogP contribution in [0.1, 0.15) is 23.4 Å². The van der Waals surface area contributed by atoms with Gasteiger partial charge in [0.25, 0.3) is 0 Å². The summed E-state index contributed by atoms with van der Waals surface area (Å²) >= 11 is 0. The van der Waals surface area contributed by atoms with Crippen molar-refractivity contribution in [3.05, 3.63) is 41.6 Å². The molecule has 3 rings (SSSR count). The van der Waals surface area contributed by atoms with Gasteiger partial charge in [-0.05, 0) is 17.7 Å². The van der Waals surface area contributed by atoms with Crippen LogP contribution in [0, 0.1) is 6.92 Å². The molecular weight excluding hydrogens is 344 g/mol. The highest BCUT2D eigenvalue weighted by atomic mass is 32.2. The number of benzene rings is 1. The highest BCUT2D eigenvalue weighted by molar-refractivity contribution is 7.89. The molecule has 2 aromatic rings. The molecule has 1 aliphatic rings. The Balaban J connectivity index is 1.83. The normalized spacial score (nSPS) is 19.4. The lowest BCUT2D eigenvalue weighted by Crippen LogP contribution is -2.39. The smallest absolute Gasteiger partial charge is 0.242 e. The third kappa shape index (κ3) is 3.90. The van der Waals surface area contributed by atoms with Gasteiger partial charge >= 0.3 is 0 Å². The van der Waals surface area contributed by atoms with Crippen molar-refractivity contribution < 1.29 is 17.6 Å². The third-order valence-corrected chi connectivity index (χ3v) is 5.94. The van der Waals surface area contributed by atoms with Gasteiger partial charge in [-0.25, -0.2) is 12.7 Å². The van der Waals surface area contributed by atoms with Gasteiger partial charge in [-0.15, -0.1) is 10.2 Å². The molecule has 0 N–H and O–H groups in total. The summed E-state index contributed by atoms with van der Waals surface area (Å²) in [6, 6.07) is 6.86. The molecule has 2 heterocycles. The monoisotopic (exact) mass is 366 g/mol. The Labute approximate surface area is 147 Å². The molecule has 0 spiro atoms. The van der Waals surface area contributed by atoms with E-state index in [1.165, 1.54) is 18.4 Å². The van der Waals surface area contributed by atoms with Crippen molar-refractivity contribution >= 4 is 10.0 Å². The van der Waals surface area contributed by atoms with Gasteiger partial charge in [0.1, 0.15) is 6.04 Å². The Morgan fingerprint density at radius 3 is 2.80 bits per heavy atom. The van der Waals surface area contributed by atoms with Crippen molar-refractivity contribution in [3.8, 4) is 0 Å². The number of hydrogen-bond acceptors (Lipinski definition) is 7. The van der Waals surface area contributed by atoms with Crippen molar-refractivity contribution in [2.75, 3.05) is 33.9 Å². The summed E-state index contributed by atoms with van der Waals surface area (Å²) in [6.07, 6.45) is 0. The van der Waals surface area contributed by atoms with Crippen molar-refractivity contribution in [2.45, 2.75) is 24.4 Å². The van der Waals surface area contributed by atoms with E-state index in [0.717, 1.165) is 5.56 Å². The lowest BCUT2D eigenvalue weighted by Gasteiger charge is -2.33.